The van der Waals surface area contributed by atoms with Crippen LogP contribution >= 0.6 is 0 Å². The SMILES string of the molecule is Cc1ccc(-c2cc(C(=O)N3CCCCC3)n(C)n2)cc1C. The van der Waals surface area contributed by atoms with E-state index in [-0.39, 0.29) is 5.91 Å². The van der Waals surface area contributed by atoms with E-state index in [9.17, 15) is 4.79 Å². The van der Waals surface area contributed by atoms with E-state index >= 15 is 0 Å². The van der Waals surface area contributed by atoms with Crippen LogP contribution in [0.25, 0.3) is 11.3 Å². The minimum absolute atomic E-state index is 0.102. The second-order valence-electron chi connectivity index (χ2n) is 6.19. The Bertz CT molecular complexity index is 696. The molecule has 0 radical (unpaired) electrons. The van der Waals surface area contributed by atoms with E-state index in [4.69, 9.17) is 0 Å². The monoisotopic (exact) mass is 297 g/mol. The van der Waals surface area contributed by atoms with Crippen LogP contribution in [-0.4, -0.2) is 33.7 Å². The third kappa shape index (κ3) is 2.78. The molecule has 1 aromatic carbocycles. The molecule has 2 aromatic rings. The maximum Gasteiger partial charge on any atom is 0.272 e. The minimum Gasteiger partial charge on any atom is -0.337 e. The smallest absolute Gasteiger partial charge is 0.272 e. The molecule has 1 amide bonds. The second-order valence-corrected chi connectivity index (χ2v) is 6.19. The van der Waals surface area contributed by atoms with Crippen molar-refractivity contribution in [2.75, 3.05) is 13.1 Å². The van der Waals surface area contributed by atoms with Crippen LogP contribution in [0.5, 0.6) is 0 Å². The molecule has 0 spiro atoms. The summed E-state index contributed by atoms with van der Waals surface area (Å²) in [5.41, 5.74) is 5.12. The summed E-state index contributed by atoms with van der Waals surface area (Å²) in [6.07, 6.45) is 3.43. The molecule has 1 aliphatic rings. The highest BCUT2D eigenvalue weighted by molar-refractivity contribution is 5.93. The fraction of sp³-hybridized carbons (Fsp3) is 0.444. The quantitative estimate of drug-likeness (QED) is 0.852. The number of benzene rings is 1. The predicted octanol–water partition coefficient (Wildman–Crippen LogP) is 3.33. The number of carbonyl (C=O) groups is 1. The van der Waals surface area contributed by atoms with E-state index in [1.54, 1.807) is 4.68 Å². The van der Waals surface area contributed by atoms with Crippen molar-refractivity contribution in [3.8, 4) is 11.3 Å². The molecule has 2 heterocycles. The van der Waals surface area contributed by atoms with Gasteiger partial charge >= 0.3 is 0 Å². The largest absolute Gasteiger partial charge is 0.337 e. The zero-order chi connectivity index (χ0) is 15.7. The van der Waals surface area contributed by atoms with Gasteiger partial charge in [0.2, 0.25) is 0 Å². The van der Waals surface area contributed by atoms with Gasteiger partial charge in [-0.1, -0.05) is 12.1 Å². The molecule has 3 rings (SSSR count). The number of piperidine rings is 1. The molecule has 116 valence electrons. The number of aromatic nitrogens is 2. The lowest BCUT2D eigenvalue weighted by Crippen LogP contribution is -2.36. The van der Waals surface area contributed by atoms with Crippen LogP contribution in [0, 0.1) is 13.8 Å². The fourth-order valence-electron chi connectivity index (χ4n) is 2.97. The minimum atomic E-state index is 0.102. The molecule has 4 heteroatoms. The van der Waals surface area contributed by atoms with Crippen molar-refractivity contribution in [2.45, 2.75) is 33.1 Å². The summed E-state index contributed by atoms with van der Waals surface area (Å²) in [5, 5.41) is 4.54. The molecule has 0 saturated carbocycles. The Morgan fingerprint density at radius 1 is 1.05 bits per heavy atom. The number of hydrogen-bond donors (Lipinski definition) is 0. The summed E-state index contributed by atoms with van der Waals surface area (Å²) < 4.78 is 1.71. The molecule has 4 nitrogen and oxygen atoms in total. The van der Waals surface area contributed by atoms with Crippen LogP contribution in [0.15, 0.2) is 24.3 Å². The van der Waals surface area contributed by atoms with Gasteiger partial charge in [0.25, 0.3) is 5.91 Å². The van der Waals surface area contributed by atoms with Gasteiger partial charge in [-0.3, -0.25) is 9.48 Å². The van der Waals surface area contributed by atoms with E-state index in [0.29, 0.717) is 5.69 Å². The van der Waals surface area contributed by atoms with Gasteiger partial charge in [-0.15, -0.1) is 0 Å². The van der Waals surface area contributed by atoms with Gasteiger partial charge in [-0.05, 0) is 56.4 Å². The van der Waals surface area contributed by atoms with Crippen LogP contribution < -0.4 is 0 Å². The van der Waals surface area contributed by atoms with E-state index in [1.807, 2.05) is 18.0 Å². The van der Waals surface area contributed by atoms with Crippen molar-refractivity contribution in [3.05, 3.63) is 41.1 Å². The lowest BCUT2D eigenvalue weighted by atomic mass is 10.0. The first kappa shape index (κ1) is 14.8. The number of likely N-dealkylation sites (tertiary alicyclic amines) is 1. The highest BCUT2D eigenvalue weighted by atomic mass is 16.2. The van der Waals surface area contributed by atoms with Crippen LogP contribution in [0.1, 0.15) is 40.9 Å². The zero-order valence-corrected chi connectivity index (χ0v) is 13.6. The van der Waals surface area contributed by atoms with Crippen LogP contribution in [0.3, 0.4) is 0 Å². The Balaban J connectivity index is 1.89. The summed E-state index contributed by atoms with van der Waals surface area (Å²) in [7, 11) is 1.85. The van der Waals surface area contributed by atoms with Crippen molar-refractivity contribution in [1.29, 1.82) is 0 Å². The summed E-state index contributed by atoms with van der Waals surface area (Å²) >= 11 is 0. The molecule has 0 N–H and O–H groups in total. The molecule has 1 aliphatic heterocycles. The average molecular weight is 297 g/mol. The number of amides is 1. The molecule has 1 fully saturated rings. The van der Waals surface area contributed by atoms with Crippen LogP contribution in [0.2, 0.25) is 0 Å². The van der Waals surface area contributed by atoms with E-state index in [1.165, 1.54) is 17.5 Å². The summed E-state index contributed by atoms with van der Waals surface area (Å²) in [4.78, 5) is 14.6. The molecule has 22 heavy (non-hydrogen) atoms. The Morgan fingerprint density at radius 2 is 1.77 bits per heavy atom. The highest BCUT2D eigenvalue weighted by Crippen LogP contribution is 2.23. The van der Waals surface area contributed by atoms with Crippen molar-refractivity contribution in [3.63, 3.8) is 0 Å². The Kier molecular flexibility index (Phi) is 4.01. The molecule has 0 bridgehead atoms. The Hall–Kier alpha value is -2.10. The topological polar surface area (TPSA) is 38.1 Å². The third-order valence-corrected chi connectivity index (χ3v) is 4.54. The van der Waals surface area contributed by atoms with Crippen LogP contribution in [0.4, 0.5) is 0 Å². The van der Waals surface area contributed by atoms with Gasteiger partial charge in [0.15, 0.2) is 0 Å². The lowest BCUT2D eigenvalue weighted by Gasteiger charge is -2.26. The average Bonchev–Trinajstić information content (AvgIpc) is 2.92. The number of carbonyl (C=O) groups excluding carboxylic acids is 1. The molecular weight excluding hydrogens is 274 g/mol. The first-order valence-electron chi connectivity index (χ1n) is 7.97. The first-order valence-corrected chi connectivity index (χ1v) is 7.97. The number of aryl methyl sites for hydroxylation is 3. The van der Waals surface area contributed by atoms with Gasteiger partial charge in [0.1, 0.15) is 5.69 Å². The molecule has 0 atom stereocenters. The van der Waals surface area contributed by atoms with E-state index in [2.05, 4.69) is 37.1 Å². The van der Waals surface area contributed by atoms with E-state index in [0.717, 1.165) is 37.2 Å². The Morgan fingerprint density at radius 3 is 2.45 bits per heavy atom. The van der Waals surface area contributed by atoms with Crippen molar-refractivity contribution < 1.29 is 4.79 Å². The molecule has 1 aromatic heterocycles. The lowest BCUT2D eigenvalue weighted by molar-refractivity contribution is 0.0713. The molecular formula is C18H23N3O. The zero-order valence-electron chi connectivity index (χ0n) is 13.6. The van der Waals surface area contributed by atoms with Crippen molar-refractivity contribution >= 4 is 5.91 Å². The van der Waals surface area contributed by atoms with Gasteiger partial charge in [0, 0.05) is 25.7 Å². The second kappa shape index (κ2) is 5.95. The third-order valence-electron chi connectivity index (χ3n) is 4.54. The predicted molar refractivity (Wildman–Crippen MR) is 87.9 cm³/mol. The maximum absolute atomic E-state index is 12.7. The van der Waals surface area contributed by atoms with Gasteiger partial charge in [0.05, 0.1) is 5.69 Å². The summed E-state index contributed by atoms with van der Waals surface area (Å²) in [6.45, 7) is 5.93. The standard InChI is InChI=1S/C18H23N3O/c1-13-7-8-15(11-14(13)2)16-12-17(20(3)19-16)18(22)21-9-5-4-6-10-21/h7-8,11-12H,4-6,9-10H2,1-3H3. The van der Waals surface area contributed by atoms with Gasteiger partial charge in [-0.2, -0.15) is 5.10 Å². The Labute approximate surface area is 131 Å². The normalized spacial score (nSPS) is 15.1. The van der Waals surface area contributed by atoms with Gasteiger partial charge < -0.3 is 4.90 Å². The summed E-state index contributed by atoms with van der Waals surface area (Å²) in [6, 6.07) is 8.22. The highest BCUT2D eigenvalue weighted by Gasteiger charge is 2.22. The number of nitrogens with zero attached hydrogens (tertiary/aromatic N) is 3. The van der Waals surface area contributed by atoms with Crippen molar-refractivity contribution in [2.24, 2.45) is 7.05 Å². The maximum atomic E-state index is 12.7. The number of rotatable bonds is 2. The first-order chi connectivity index (χ1) is 10.6. The molecule has 0 unspecified atom stereocenters. The summed E-state index contributed by atoms with van der Waals surface area (Å²) in [5.74, 6) is 0.102. The van der Waals surface area contributed by atoms with Crippen molar-refractivity contribution in [1.82, 2.24) is 14.7 Å². The molecule has 1 saturated heterocycles. The number of hydrogen-bond acceptors (Lipinski definition) is 2. The van der Waals surface area contributed by atoms with Gasteiger partial charge in [-0.25, -0.2) is 0 Å². The fourth-order valence-corrected chi connectivity index (χ4v) is 2.97. The van der Waals surface area contributed by atoms with E-state index < -0.39 is 0 Å². The molecule has 0 aliphatic carbocycles. The van der Waals surface area contributed by atoms with Crippen LogP contribution in [-0.2, 0) is 7.05 Å².